The summed E-state index contributed by atoms with van der Waals surface area (Å²) >= 11 is 0. The van der Waals surface area contributed by atoms with E-state index in [2.05, 4.69) is 19.7 Å². The second-order valence-electron chi connectivity index (χ2n) is 9.52. The second-order valence-corrected chi connectivity index (χ2v) is 9.52. The maximum atomic E-state index is 6.72. The van der Waals surface area contributed by atoms with Crippen LogP contribution < -0.4 is 4.74 Å². The van der Waals surface area contributed by atoms with Gasteiger partial charge < -0.3 is 33.2 Å². The Kier molecular flexibility index (Phi) is 9.76. The van der Waals surface area contributed by atoms with E-state index in [0.29, 0.717) is 26.4 Å². The number of hydrogen-bond donors (Lipinski definition) is 0. The lowest BCUT2D eigenvalue weighted by Gasteiger charge is -2.46. The minimum absolute atomic E-state index is 0.346. The number of hydrogen-bond acceptors (Lipinski definition) is 7. The fourth-order valence-corrected chi connectivity index (χ4v) is 5.45. The van der Waals surface area contributed by atoms with Crippen molar-refractivity contribution in [2.45, 2.75) is 81.1 Å². The standard InChI is InChI=1S/C29H40O7/c1-5-17-31-23-24(34-20-21-11-13-22(30-4)14-12-21)26(33-19-7-3)28-27(25(23)32-18-6-2)35-29(36-28)15-9-8-10-16-29/h5-7,11-14,23-28H,1-3,8-10,15-20H2,4H3/t23-,24-,25+,26+,27-,28+/m1/s1. The zero-order valence-corrected chi connectivity index (χ0v) is 21.3. The van der Waals surface area contributed by atoms with Gasteiger partial charge in [-0.2, -0.15) is 0 Å². The lowest BCUT2D eigenvalue weighted by molar-refractivity contribution is -0.240. The Bertz CT molecular complexity index is 848. The van der Waals surface area contributed by atoms with Crippen molar-refractivity contribution in [2.24, 2.45) is 0 Å². The molecular weight excluding hydrogens is 460 g/mol. The van der Waals surface area contributed by atoms with E-state index in [1.54, 1.807) is 25.3 Å². The van der Waals surface area contributed by atoms with Crippen molar-refractivity contribution in [3.63, 3.8) is 0 Å². The zero-order valence-electron chi connectivity index (χ0n) is 21.3. The number of fused-ring (bicyclic) bond motifs is 1. The molecule has 1 spiro atoms. The summed E-state index contributed by atoms with van der Waals surface area (Å²) in [6.07, 6.45) is 7.77. The molecule has 1 heterocycles. The molecule has 2 aliphatic carbocycles. The highest BCUT2D eigenvalue weighted by Gasteiger charge is 2.62. The van der Waals surface area contributed by atoms with Crippen molar-refractivity contribution in [1.82, 2.24) is 0 Å². The van der Waals surface area contributed by atoms with Gasteiger partial charge in [0.2, 0.25) is 0 Å². The van der Waals surface area contributed by atoms with Crippen molar-refractivity contribution < 1.29 is 33.2 Å². The first-order valence-corrected chi connectivity index (χ1v) is 12.9. The fraction of sp³-hybridized carbons (Fsp3) is 0.586. The molecular formula is C29H40O7. The topological polar surface area (TPSA) is 64.6 Å². The average Bonchev–Trinajstić information content (AvgIpc) is 3.27. The maximum absolute atomic E-state index is 6.72. The molecule has 1 aromatic rings. The Morgan fingerprint density at radius 3 is 1.75 bits per heavy atom. The highest BCUT2D eigenvalue weighted by molar-refractivity contribution is 5.26. The van der Waals surface area contributed by atoms with Crippen molar-refractivity contribution >= 4 is 0 Å². The number of ether oxygens (including phenoxy) is 7. The maximum Gasteiger partial charge on any atom is 0.169 e. The minimum atomic E-state index is -0.618. The Hall–Kier alpha value is -2.00. The van der Waals surface area contributed by atoms with Gasteiger partial charge >= 0.3 is 0 Å². The van der Waals surface area contributed by atoms with Crippen molar-refractivity contribution in [3.05, 3.63) is 67.8 Å². The zero-order chi connectivity index (χ0) is 25.4. The summed E-state index contributed by atoms with van der Waals surface area (Å²) in [6, 6.07) is 7.82. The normalized spacial score (nSPS) is 31.0. The van der Waals surface area contributed by atoms with Crippen LogP contribution in [0.3, 0.4) is 0 Å². The number of benzene rings is 1. The molecule has 7 nitrogen and oxygen atoms in total. The van der Waals surface area contributed by atoms with E-state index in [9.17, 15) is 0 Å². The summed E-state index contributed by atoms with van der Waals surface area (Å²) in [5.74, 6) is 0.179. The number of methoxy groups -OCH3 is 1. The molecule has 0 bridgehead atoms. The summed E-state index contributed by atoms with van der Waals surface area (Å²) in [7, 11) is 1.65. The van der Waals surface area contributed by atoms with Crippen LogP contribution in [0.4, 0.5) is 0 Å². The van der Waals surface area contributed by atoms with Gasteiger partial charge in [0.15, 0.2) is 5.79 Å². The van der Waals surface area contributed by atoms with E-state index in [0.717, 1.165) is 37.0 Å². The lowest BCUT2D eigenvalue weighted by atomic mass is 9.84. The Labute approximate surface area is 215 Å². The molecule has 0 aromatic heterocycles. The third-order valence-electron chi connectivity index (χ3n) is 7.08. The molecule has 1 saturated heterocycles. The molecule has 0 unspecified atom stereocenters. The molecule has 0 amide bonds. The van der Waals surface area contributed by atoms with Gasteiger partial charge in [0.05, 0.1) is 33.5 Å². The highest BCUT2D eigenvalue weighted by atomic mass is 16.8. The molecule has 3 fully saturated rings. The van der Waals surface area contributed by atoms with Crippen LogP contribution in [0.15, 0.2) is 62.2 Å². The highest BCUT2D eigenvalue weighted by Crippen LogP contribution is 2.47. The van der Waals surface area contributed by atoms with Gasteiger partial charge in [-0.25, -0.2) is 0 Å². The molecule has 0 radical (unpaired) electrons. The molecule has 36 heavy (non-hydrogen) atoms. The molecule has 2 saturated carbocycles. The summed E-state index contributed by atoms with van der Waals surface area (Å²) < 4.78 is 44.2. The molecule has 1 aromatic carbocycles. The predicted octanol–water partition coefficient (Wildman–Crippen LogP) is 4.75. The quantitative estimate of drug-likeness (QED) is 0.362. The van der Waals surface area contributed by atoms with Crippen LogP contribution in [0, 0.1) is 0 Å². The monoisotopic (exact) mass is 500 g/mol. The van der Waals surface area contributed by atoms with Gasteiger partial charge in [0.25, 0.3) is 0 Å². The van der Waals surface area contributed by atoms with Crippen LogP contribution in [0.5, 0.6) is 5.75 Å². The van der Waals surface area contributed by atoms with Crippen LogP contribution in [0.1, 0.15) is 37.7 Å². The van der Waals surface area contributed by atoms with Crippen LogP contribution in [-0.4, -0.2) is 69.3 Å². The molecule has 1 aliphatic heterocycles. The molecule has 0 N–H and O–H groups in total. The minimum Gasteiger partial charge on any atom is -0.497 e. The summed E-state index contributed by atoms with van der Waals surface area (Å²) in [5, 5.41) is 0. The molecule has 7 heteroatoms. The largest absolute Gasteiger partial charge is 0.497 e. The van der Waals surface area contributed by atoms with Crippen LogP contribution >= 0.6 is 0 Å². The molecule has 3 aliphatic rings. The van der Waals surface area contributed by atoms with E-state index < -0.39 is 30.2 Å². The summed E-state index contributed by atoms with van der Waals surface area (Å²) in [4.78, 5) is 0. The second kappa shape index (κ2) is 13.0. The lowest BCUT2D eigenvalue weighted by Crippen LogP contribution is -2.65. The Morgan fingerprint density at radius 1 is 0.750 bits per heavy atom. The van der Waals surface area contributed by atoms with Crippen LogP contribution in [-0.2, 0) is 35.0 Å². The molecule has 4 rings (SSSR count). The molecule has 198 valence electrons. The van der Waals surface area contributed by atoms with Crippen LogP contribution in [0.2, 0.25) is 0 Å². The van der Waals surface area contributed by atoms with Crippen molar-refractivity contribution in [3.8, 4) is 5.75 Å². The van der Waals surface area contributed by atoms with Gasteiger partial charge in [-0.05, 0) is 30.5 Å². The van der Waals surface area contributed by atoms with Crippen molar-refractivity contribution in [2.75, 3.05) is 26.9 Å². The predicted molar refractivity (Wildman–Crippen MR) is 137 cm³/mol. The first kappa shape index (κ1) is 27.0. The SMILES string of the molecule is C=CCO[C@@H]1[C@@H](OCc2ccc(OC)cc2)[C@H](OCC=C)[C@@H]2OC3(CCCCC3)O[C@@H]2[C@H]1OCC=C. The smallest absolute Gasteiger partial charge is 0.169 e. The van der Waals surface area contributed by atoms with E-state index in [1.165, 1.54) is 6.42 Å². The van der Waals surface area contributed by atoms with Crippen LogP contribution in [0.25, 0.3) is 0 Å². The van der Waals surface area contributed by atoms with Gasteiger partial charge in [0, 0.05) is 12.8 Å². The first-order valence-electron chi connectivity index (χ1n) is 12.9. The van der Waals surface area contributed by atoms with Crippen molar-refractivity contribution in [1.29, 1.82) is 0 Å². The van der Waals surface area contributed by atoms with Gasteiger partial charge in [-0.15, -0.1) is 19.7 Å². The van der Waals surface area contributed by atoms with Gasteiger partial charge in [-0.1, -0.05) is 36.8 Å². The third-order valence-corrected chi connectivity index (χ3v) is 7.08. The third kappa shape index (κ3) is 6.10. The van der Waals surface area contributed by atoms with E-state index in [4.69, 9.17) is 33.2 Å². The average molecular weight is 501 g/mol. The summed E-state index contributed by atoms with van der Waals surface area (Å²) in [6.45, 7) is 13.0. The van der Waals surface area contributed by atoms with E-state index >= 15 is 0 Å². The fourth-order valence-electron chi connectivity index (χ4n) is 5.45. The van der Waals surface area contributed by atoms with Gasteiger partial charge in [0.1, 0.15) is 42.4 Å². The summed E-state index contributed by atoms with van der Waals surface area (Å²) in [5.41, 5.74) is 1.01. The Morgan fingerprint density at radius 2 is 1.25 bits per heavy atom. The Balaban J connectivity index is 1.64. The van der Waals surface area contributed by atoms with E-state index in [1.807, 2.05) is 24.3 Å². The van der Waals surface area contributed by atoms with Gasteiger partial charge in [-0.3, -0.25) is 0 Å². The molecule has 6 atom stereocenters. The number of rotatable bonds is 13. The van der Waals surface area contributed by atoms with E-state index in [-0.39, 0.29) is 12.2 Å². The first-order chi connectivity index (χ1) is 17.6.